The minimum absolute atomic E-state index is 0.0774. The molecule has 2 aliphatic rings. The zero-order chi connectivity index (χ0) is 20.1. The predicted molar refractivity (Wildman–Crippen MR) is 98.5 cm³/mol. The standard InChI is InChI=1S/C19H26F3N3O3/c1-27-14-4-5-16(15(10-14)19(20,21)22)24-18(26)23-11-17(13-6-9-28-12-13)25-7-2-3-8-25/h4-5,10,13,17H,2-3,6-9,11-12H2,1H3,(H2,23,24,26)/t13-,17-/m1/s1. The average Bonchev–Trinajstić information content (AvgIpc) is 3.36. The van der Waals surface area contributed by atoms with Crippen LogP contribution in [0.25, 0.3) is 0 Å². The van der Waals surface area contributed by atoms with Crippen LogP contribution in [0.2, 0.25) is 0 Å². The summed E-state index contributed by atoms with van der Waals surface area (Å²) in [5.41, 5.74) is -1.24. The first-order valence-electron chi connectivity index (χ1n) is 9.50. The molecule has 0 radical (unpaired) electrons. The van der Waals surface area contributed by atoms with E-state index in [9.17, 15) is 18.0 Å². The highest BCUT2D eigenvalue weighted by Gasteiger charge is 2.35. The van der Waals surface area contributed by atoms with Crippen LogP contribution in [0.15, 0.2) is 18.2 Å². The lowest BCUT2D eigenvalue weighted by Gasteiger charge is -2.32. The van der Waals surface area contributed by atoms with Gasteiger partial charge in [0.15, 0.2) is 0 Å². The summed E-state index contributed by atoms with van der Waals surface area (Å²) in [4.78, 5) is 14.7. The molecule has 6 nitrogen and oxygen atoms in total. The number of nitrogens with one attached hydrogen (secondary N) is 2. The minimum Gasteiger partial charge on any atom is -0.497 e. The highest BCUT2D eigenvalue weighted by molar-refractivity contribution is 5.90. The topological polar surface area (TPSA) is 62.8 Å². The Morgan fingerprint density at radius 2 is 2.11 bits per heavy atom. The van der Waals surface area contributed by atoms with Crippen molar-refractivity contribution in [3.05, 3.63) is 23.8 Å². The third kappa shape index (κ3) is 5.08. The van der Waals surface area contributed by atoms with Gasteiger partial charge in [-0.05, 0) is 50.6 Å². The van der Waals surface area contributed by atoms with Crippen LogP contribution in [-0.4, -0.2) is 56.9 Å². The van der Waals surface area contributed by atoms with Gasteiger partial charge >= 0.3 is 12.2 Å². The van der Waals surface area contributed by atoms with Gasteiger partial charge in [-0.25, -0.2) is 4.79 Å². The van der Waals surface area contributed by atoms with E-state index in [1.54, 1.807) is 0 Å². The summed E-state index contributed by atoms with van der Waals surface area (Å²) in [6, 6.07) is 2.93. The first kappa shape index (κ1) is 20.7. The van der Waals surface area contributed by atoms with Gasteiger partial charge in [0.1, 0.15) is 5.75 Å². The third-order valence-corrected chi connectivity index (χ3v) is 5.37. The number of amides is 2. The Labute approximate surface area is 162 Å². The first-order valence-corrected chi connectivity index (χ1v) is 9.50. The van der Waals surface area contributed by atoms with Crippen molar-refractivity contribution in [3.63, 3.8) is 0 Å². The molecule has 2 fully saturated rings. The molecule has 0 unspecified atom stereocenters. The summed E-state index contributed by atoms with van der Waals surface area (Å²) in [7, 11) is 1.29. The highest BCUT2D eigenvalue weighted by Crippen LogP contribution is 2.37. The molecule has 0 aliphatic carbocycles. The van der Waals surface area contributed by atoms with Crippen molar-refractivity contribution in [1.82, 2.24) is 10.2 Å². The maximum absolute atomic E-state index is 13.3. The Balaban J connectivity index is 1.64. The number of anilines is 1. The molecule has 1 aromatic carbocycles. The number of nitrogens with zero attached hydrogens (tertiary/aromatic N) is 1. The molecule has 1 aromatic rings. The van der Waals surface area contributed by atoms with Gasteiger partial charge in [0.2, 0.25) is 0 Å². The highest BCUT2D eigenvalue weighted by atomic mass is 19.4. The molecule has 3 rings (SSSR count). The number of hydrogen-bond donors (Lipinski definition) is 2. The summed E-state index contributed by atoms with van der Waals surface area (Å²) < 4.78 is 50.2. The number of ether oxygens (including phenoxy) is 2. The fourth-order valence-corrected chi connectivity index (χ4v) is 3.88. The molecule has 2 atom stereocenters. The number of methoxy groups -OCH3 is 1. The molecule has 0 aromatic heterocycles. The maximum atomic E-state index is 13.3. The second kappa shape index (κ2) is 9.00. The lowest BCUT2D eigenvalue weighted by atomic mass is 9.97. The number of urea groups is 1. The number of halogens is 3. The van der Waals surface area contributed by atoms with E-state index >= 15 is 0 Å². The summed E-state index contributed by atoms with van der Waals surface area (Å²) >= 11 is 0. The Hall–Kier alpha value is -2.00. The van der Waals surface area contributed by atoms with Crippen LogP contribution in [0.4, 0.5) is 23.7 Å². The molecule has 156 valence electrons. The van der Waals surface area contributed by atoms with Gasteiger partial charge in [-0.3, -0.25) is 4.90 Å². The molecule has 2 N–H and O–H groups in total. The molecule has 0 saturated carbocycles. The molecule has 0 bridgehead atoms. The number of hydrogen-bond acceptors (Lipinski definition) is 4. The summed E-state index contributed by atoms with van der Waals surface area (Å²) in [5, 5.41) is 5.08. The second-order valence-corrected chi connectivity index (χ2v) is 7.18. The van der Waals surface area contributed by atoms with Gasteiger partial charge in [0.25, 0.3) is 0 Å². The summed E-state index contributed by atoms with van der Waals surface area (Å²) in [6.45, 7) is 3.68. The normalized spacial score (nSPS) is 21.5. The SMILES string of the molecule is COc1ccc(NC(=O)NC[C@H]([C@@H]2CCOC2)N2CCCC2)c(C(F)(F)F)c1. The maximum Gasteiger partial charge on any atom is 0.418 e. The first-order chi connectivity index (χ1) is 13.4. The van der Waals surface area contributed by atoms with Crippen LogP contribution in [0.1, 0.15) is 24.8 Å². The molecular formula is C19H26F3N3O3. The van der Waals surface area contributed by atoms with Crippen LogP contribution < -0.4 is 15.4 Å². The monoisotopic (exact) mass is 401 g/mol. The average molecular weight is 401 g/mol. The van der Waals surface area contributed by atoms with E-state index in [1.165, 1.54) is 19.2 Å². The van der Waals surface area contributed by atoms with Gasteiger partial charge in [-0.1, -0.05) is 0 Å². The fraction of sp³-hybridized carbons (Fsp3) is 0.632. The van der Waals surface area contributed by atoms with Crippen molar-refractivity contribution in [2.45, 2.75) is 31.5 Å². The van der Waals surface area contributed by atoms with E-state index in [2.05, 4.69) is 15.5 Å². The molecule has 0 spiro atoms. The number of rotatable bonds is 6. The summed E-state index contributed by atoms with van der Waals surface area (Å²) in [5.74, 6) is 0.402. The lowest BCUT2D eigenvalue weighted by Crippen LogP contribution is -2.48. The van der Waals surface area contributed by atoms with E-state index in [0.717, 1.165) is 38.4 Å². The molecule has 2 heterocycles. The summed E-state index contributed by atoms with van der Waals surface area (Å²) in [6.07, 6.45) is -1.42. The van der Waals surface area contributed by atoms with Gasteiger partial charge in [0.05, 0.1) is 25.0 Å². The van der Waals surface area contributed by atoms with E-state index in [4.69, 9.17) is 9.47 Å². The van der Waals surface area contributed by atoms with Crippen LogP contribution in [0, 0.1) is 5.92 Å². The van der Waals surface area contributed by atoms with Crippen LogP contribution in [0.3, 0.4) is 0 Å². The van der Waals surface area contributed by atoms with Crippen LogP contribution in [-0.2, 0) is 10.9 Å². The number of alkyl halides is 3. The number of likely N-dealkylation sites (tertiary alicyclic amines) is 1. The van der Waals surface area contributed by atoms with Crippen molar-refractivity contribution in [2.75, 3.05) is 45.3 Å². The van der Waals surface area contributed by atoms with Crippen molar-refractivity contribution < 1.29 is 27.4 Å². The van der Waals surface area contributed by atoms with E-state index in [1.807, 2.05) is 0 Å². The Morgan fingerprint density at radius 1 is 1.36 bits per heavy atom. The van der Waals surface area contributed by atoms with E-state index < -0.39 is 17.8 Å². The predicted octanol–water partition coefficient (Wildman–Crippen LogP) is 3.34. The third-order valence-electron chi connectivity index (χ3n) is 5.37. The molecule has 2 amide bonds. The molecule has 2 aliphatic heterocycles. The van der Waals surface area contributed by atoms with Crippen molar-refractivity contribution in [1.29, 1.82) is 0 Å². The van der Waals surface area contributed by atoms with Gasteiger partial charge in [-0.2, -0.15) is 13.2 Å². The fourth-order valence-electron chi connectivity index (χ4n) is 3.88. The molecule has 9 heteroatoms. The quantitative estimate of drug-likeness (QED) is 0.768. The molecular weight excluding hydrogens is 375 g/mol. The largest absolute Gasteiger partial charge is 0.497 e. The van der Waals surface area contributed by atoms with Gasteiger partial charge in [0, 0.05) is 25.1 Å². The number of carbonyl (C=O) groups excluding carboxylic acids is 1. The van der Waals surface area contributed by atoms with Crippen molar-refractivity contribution in [3.8, 4) is 5.75 Å². The van der Waals surface area contributed by atoms with Crippen LogP contribution >= 0.6 is 0 Å². The molecule has 2 saturated heterocycles. The van der Waals surface area contributed by atoms with E-state index in [0.29, 0.717) is 25.7 Å². The Kier molecular flexibility index (Phi) is 6.66. The molecule has 28 heavy (non-hydrogen) atoms. The van der Waals surface area contributed by atoms with Crippen molar-refractivity contribution >= 4 is 11.7 Å². The number of carbonyl (C=O) groups is 1. The van der Waals surface area contributed by atoms with Gasteiger partial charge in [-0.15, -0.1) is 0 Å². The minimum atomic E-state index is -4.60. The van der Waals surface area contributed by atoms with Crippen molar-refractivity contribution in [2.24, 2.45) is 5.92 Å². The lowest BCUT2D eigenvalue weighted by molar-refractivity contribution is -0.137. The van der Waals surface area contributed by atoms with E-state index in [-0.39, 0.29) is 17.5 Å². The van der Waals surface area contributed by atoms with Crippen LogP contribution in [0.5, 0.6) is 5.75 Å². The zero-order valence-electron chi connectivity index (χ0n) is 15.8. The second-order valence-electron chi connectivity index (χ2n) is 7.18. The Morgan fingerprint density at radius 3 is 2.71 bits per heavy atom. The Bertz CT molecular complexity index is 656. The zero-order valence-corrected chi connectivity index (χ0v) is 15.8. The number of benzene rings is 1. The smallest absolute Gasteiger partial charge is 0.418 e. The van der Waals surface area contributed by atoms with Gasteiger partial charge < -0.3 is 20.1 Å².